The lowest BCUT2D eigenvalue weighted by Crippen LogP contribution is -2.54. The number of carbonyl (C=O) groups excluding carboxylic acids is 7. The van der Waals surface area contributed by atoms with Crippen molar-refractivity contribution in [3.8, 4) is 0 Å². The van der Waals surface area contributed by atoms with Gasteiger partial charge in [0, 0.05) is 38.2 Å². The number of amides is 6. The number of unbranched alkanes of at least 4 members (excludes halogenated alkanes) is 4. The van der Waals surface area contributed by atoms with Crippen molar-refractivity contribution in [3.63, 3.8) is 0 Å². The first-order chi connectivity index (χ1) is 25.5. The van der Waals surface area contributed by atoms with Gasteiger partial charge in [0.05, 0.1) is 18.1 Å². The Balaban J connectivity index is 2.67. The third kappa shape index (κ3) is 20.3. The fourth-order valence-electron chi connectivity index (χ4n) is 5.95. The summed E-state index contributed by atoms with van der Waals surface area (Å²) in [5.41, 5.74) is 0. The van der Waals surface area contributed by atoms with Crippen LogP contribution >= 0.6 is 0 Å². The molecule has 1 aliphatic heterocycles. The first-order valence-corrected chi connectivity index (χ1v) is 19.3. The van der Waals surface area contributed by atoms with Crippen LogP contribution in [0.1, 0.15) is 96.8 Å². The van der Waals surface area contributed by atoms with Crippen LogP contribution in [-0.2, 0) is 33.6 Å². The summed E-state index contributed by atoms with van der Waals surface area (Å²) in [6, 6.07) is -2.38. The summed E-state index contributed by atoms with van der Waals surface area (Å²) in [5.74, 6) is -1.95. The van der Waals surface area contributed by atoms with Crippen LogP contribution in [0.3, 0.4) is 0 Å². The first kappa shape index (κ1) is 47.3. The fraction of sp³-hybridized carbons (Fsp3) is 0.757. The van der Waals surface area contributed by atoms with Crippen molar-refractivity contribution < 1.29 is 33.6 Å². The minimum absolute atomic E-state index is 0.0655. The molecular weight excluding hydrogens is 682 g/mol. The van der Waals surface area contributed by atoms with Gasteiger partial charge in [0.2, 0.25) is 23.6 Å². The molecule has 0 aromatic rings. The quantitative estimate of drug-likeness (QED) is 0.0332. The molecule has 1 aliphatic rings. The second-order valence-corrected chi connectivity index (χ2v) is 13.5. The third-order valence-corrected chi connectivity index (χ3v) is 9.26. The normalized spacial score (nSPS) is 14.8. The summed E-state index contributed by atoms with van der Waals surface area (Å²) >= 11 is 0. The Labute approximate surface area is 315 Å². The largest absolute Gasteiger partial charge is 0.356 e. The molecule has 8 N–H and O–H groups in total. The lowest BCUT2D eigenvalue weighted by molar-refractivity contribution is -0.137. The number of nitrogens with one attached hydrogen (secondary N) is 8. The van der Waals surface area contributed by atoms with Gasteiger partial charge in [-0.2, -0.15) is 0 Å². The van der Waals surface area contributed by atoms with Crippen molar-refractivity contribution in [3.05, 3.63) is 12.2 Å². The molecule has 0 spiro atoms. The molecule has 0 bridgehead atoms. The van der Waals surface area contributed by atoms with Gasteiger partial charge in [-0.3, -0.25) is 38.5 Å². The Kier molecular flexibility index (Phi) is 25.6. The van der Waals surface area contributed by atoms with E-state index in [4.69, 9.17) is 0 Å². The Morgan fingerprint density at radius 2 is 0.981 bits per heavy atom. The Bertz CT molecular complexity index is 1170. The minimum Gasteiger partial charge on any atom is -0.356 e. The van der Waals surface area contributed by atoms with E-state index in [2.05, 4.69) is 42.5 Å². The van der Waals surface area contributed by atoms with Crippen molar-refractivity contribution in [2.45, 2.75) is 121 Å². The zero-order chi connectivity index (χ0) is 39.4. The van der Waals surface area contributed by atoms with Crippen molar-refractivity contribution in [2.24, 2.45) is 0 Å². The molecule has 4 atom stereocenters. The number of hydrogen-bond donors (Lipinski definition) is 8. The maximum atomic E-state index is 13.6. The molecule has 53 heavy (non-hydrogen) atoms. The monoisotopic (exact) mass is 750 g/mol. The standard InChI is InChI=1S/C37H67N9O7/c1-27(47)28(15-8-12-24-42-32(48)19-14-26-46-33(49)20-21-34(46)50)44-37(53)31(45-36(52)30(41-5)17-7-11-23-39-3)18-9-13-25-43-35(51)29(40-4)16-6-10-22-38-2/h20-21,28-31,38-41H,6-19,22-26H2,1-5H3,(H,42,48)(H,43,51)(H,44,53)(H,45,52). The average Bonchev–Trinajstić information content (AvgIpc) is 3.45. The third-order valence-electron chi connectivity index (χ3n) is 9.26. The molecular formula is C37H67N9O7. The van der Waals surface area contributed by atoms with Crippen LogP contribution in [0.4, 0.5) is 0 Å². The highest BCUT2D eigenvalue weighted by Gasteiger charge is 2.27. The van der Waals surface area contributed by atoms with E-state index in [9.17, 15) is 33.6 Å². The molecule has 1 heterocycles. The zero-order valence-corrected chi connectivity index (χ0v) is 32.7. The van der Waals surface area contributed by atoms with Gasteiger partial charge in [0.15, 0.2) is 5.78 Å². The van der Waals surface area contributed by atoms with E-state index in [1.807, 2.05) is 14.1 Å². The average molecular weight is 750 g/mol. The van der Waals surface area contributed by atoms with Gasteiger partial charge in [-0.05, 0) is 119 Å². The second-order valence-electron chi connectivity index (χ2n) is 13.5. The van der Waals surface area contributed by atoms with E-state index in [1.165, 1.54) is 19.1 Å². The lowest BCUT2D eigenvalue weighted by atomic mass is 10.0. The van der Waals surface area contributed by atoms with Crippen LogP contribution in [0.2, 0.25) is 0 Å². The number of carbonyl (C=O) groups is 7. The summed E-state index contributed by atoms with van der Waals surface area (Å²) in [5, 5.41) is 23.9. The molecule has 0 saturated heterocycles. The van der Waals surface area contributed by atoms with Gasteiger partial charge in [-0.25, -0.2) is 0 Å². The number of hydrogen-bond acceptors (Lipinski definition) is 11. The van der Waals surface area contributed by atoms with E-state index in [0.29, 0.717) is 64.5 Å². The molecule has 0 aromatic carbocycles. The predicted octanol–water partition coefficient (Wildman–Crippen LogP) is -0.221. The topological polar surface area (TPSA) is 219 Å². The molecule has 16 heteroatoms. The molecule has 6 amide bonds. The van der Waals surface area contributed by atoms with Crippen LogP contribution in [0.25, 0.3) is 0 Å². The number of ketones is 1. The molecule has 16 nitrogen and oxygen atoms in total. The second kappa shape index (κ2) is 28.7. The Morgan fingerprint density at radius 1 is 0.547 bits per heavy atom. The highest BCUT2D eigenvalue weighted by Crippen LogP contribution is 2.09. The van der Waals surface area contributed by atoms with E-state index in [1.54, 1.807) is 14.1 Å². The van der Waals surface area contributed by atoms with Crippen LogP contribution in [0.15, 0.2) is 12.2 Å². The number of rotatable bonds is 32. The maximum Gasteiger partial charge on any atom is 0.253 e. The van der Waals surface area contributed by atoms with Gasteiger partial charge in [0.25, 0.3) is 11.8 Å². The number of nitrogens with zero attached hydrogens (tertiary/aromatic N) is 1. The van der Waals surface area contributed by atoms with Gasteiger partial charge < -0.3 is 42.5 Å². The van der Waals surface area contributed by atoms with Crippen LogP contribution < -0.4 is 42.5 Å². The Morgan fingerprint density at radius 3 is 1.49 bits per heavy atom. The Hall–Kier alpha value is -3.73. The van der Waals surface area contributed by atoms with E-state index in [-0.39, 0.29) is 54.3 Å². The highest BCUT2D eigenvalue weighted by atomic mass is 16.2. The zero-order valence-electron chi connectivity index (χ0n) is 32.7. The van der Waals surface area contributed by atoms with E-state index < -0.39 is 24.0 Å². The molecule has 1 rings (SSSR count). The molecule has 0 radical (unpaired) electrons. The van der Waals surface area contributed by atoms with Crippen molar-refractivity contribution in [1.29, 1.82) is 0 Å². The molecule has 0 aromatic heterocycles. The maximum absolute atomic E-state index is 13.6. The SMILES string of the molecule is CNCCCCC(NC)C(=O)NCCCCC(NC(=O)C(CCCCNC)NC)C(=O)NC(CCCCNC(=O)CCCN1C(=O)C=CC1=O)C(C)=O. The summed E-state index contributed by atoms with van der Waals surface area (Å²) < 4.78 is 0. The number of Topliss-reactive ketones (excluding diaryl/α,β-unsaturated/α-hetero) is 1. The summed E-state index contributed by atoms with van der Waals surface area (Å²) in [6.45, 7) is 4.14. The van der Waals surface area contributed by atoms with Crippen LogP contribution in [0.5, 0.6) is 0 Å². The predicted molar refractivity (Wildman–Crippen MR) is 205 cm³/mol. The summed E-state index contributed by atoms with van der Waals surface area (Å²) in [6.07, 6.45) is 10.9. The number of likely N-dealkylation sites (N-methyl/N-ethyl adjacent to an activating group) is 2. The van der Waals surface area contributed by atoms with Crippen molar-refractivity contribution in [2.75, 3.05) is 60.9 Å². The number of imide groups is 1. The minimum atomic E-state index is -0.869. The fourth-order valence-corrected chi connectivity index (χ4v) is 5.95. The molecule has 4 unspecified atom stereocenters. The lowest BCUT2D eigenvalue weighted by Gasteiger charge is -2.24. The summed E-state index contributed by atoms with van der Waals surface area (Å²) in [4.78, 5) is 88.7. The van der Waals surface area contributed by atoms with Gasteiger partial charge >= 0.3 is 0 Å². The van der Waals surface area contributed by atoms with Crippen LogP contribution in [0, 0.1) is 0 Å². The van der Waals surface area contributed by atoms with Gasteiger partial charge in [-0.1, -0.05) is 12.8 Å². The van der Waals surface area contributed by atoms with E-state index in [0.717, 1.165) is 50.1 Å². The van der Waals surface area contributed by atoms with Crippen molar-refractivity contribution >= 4 is 41.2 Å². The first-order valence-electron chi connectivity index (χ1n) is 19.3. The highest BCUT2D eigenvalue weighted by molar-refractivity contribution is 6.12. The summed E-state index contributed by atoms with van der Waals surface area (Å²) in [7, 11) is 7.26. The van der Waals surface area contributed by atoms with E-state index >= 15 is 0 Å². The molecule has 0 saturated carbocycles. The van der Waals surface area contributed by atoms with Crippen LogP contribution in [-0.4, -0.2) is 131 Å². The van der Waals surface area contributed by atoms with Crippen molar-refractivity contribution in [1.82, 2.24) is 47.4 Å². The van der Waals surface area contributed by atoms with Gasteiger partial charge in [-0.15, -0.1) is 0 Å². The van der Waals surface area contributed by atoms with Gasteiger partial charge in [0.1, 0.15) is 6.04 Å². The molecule has 302 valence electrons. The molecule has 0 fully saturated rings. The molecule has 0 aliphatic carbocycles. The smallest absolute Gasteiger partial charge is 0.253 e.